The summed E-state index contributed by atoms with van der Waals surface area (Å²) in [5, 5.41) is 0.383. The molecule has 1 heterocycles. The first-order chi connectivity index (χ1) is 5.79. The predicted molar refractivity (Wildman–Crippen MR) is 52.8 cm³/mol. The van der Waals surface area contributed by atoms with Crippen LogP contribution in [0.2, 0.25) is 0 Å². The van der Waals surface area contributed by atoms with Crippen molar-refractivity contribution in [3.8, 4) is 0 Å². The lowest BCUT2D eigenvalue weighted by atomic mass is 10.1. The van der Waals surface area contributed by atoms with E-state index < -0.39 is 0 Å². The summed E-state index contributed by atoms with van der Waals surface area (Å²) in [6.45, 7) is 3.08. The van der Waals surface area contributed by atoms with Gasteiger partial charge in [-0.15, -0.1) is 11.6 Å². The molecule has 0 amide bonds. The zero-order valence-corrected chi connectivity index (χ0v) is 8.65. The lowest BCUT2D eigenvalue weighted by molar-refractivity contribution is 0.0538. The predicted octanol–water partition coefficient (Wildman–Crippen LogP) is 3.35. The lowest BCUT2D eigenvalue weighted by Gasteiger charge is -2.17. The van der Waals surface area contributed by atoms with Crippen LogP contribution >= 0.6 is 11.6 Å². The van der Waals surface area contributed by atoms with Gasteiger partial charge in [-0.1, -0.05) is 12.8 Å². The third-order valence-corrected chi connectivity index (χ3v) is 2.89. The van der Waals surface area contributed by atoms with Gasteiger partial charge in [0.2, 0.25) is 0 Å². The molecule has 0 N–H and O–H groups in total. The maximum Gasteiger partial charge on any atom is 0.0547 e. The average molecular weight is 191 g/mol. The number of rotatable bonds is 0. The molecule has 1 aliphatic heterocycles. The summed E-state index contributed by atoms with van der Waals surface area (Å²) in [6, 6.07) is 0. The highest BCUT2D eigenvalue weighted by Gasteiger charge is 2.10. The third kappa shape index (κ3) is 4.32. The van der Waals surface area contributed by atoms with E-state index in [1.165, 1.54) is 25.7 Å². The molecule has 1 fully saturated rings. The quantitative estimate of drug-likeness (QED) is 0.533. The summed E-state index contributed by atoms with van der Waals surface area (Å²) in [4.78, 5) is 0. The van der Waals surface area contributed by atoms with E-state index in [4.69, 9.17) is 16.3 Å². The Balaban J connectivity index is 2.23. The monoisotopic (exact) mass is 190 g/mol. The highest BCUT2D eigenvalue weighted by atomic mass is 35.5. The van der Waals surface area contributed by atoms with Gasteiger partial charge in [-0.2, -0.15) is 0 Å². The molecule has 1 aliphatic rings. The fourth-order valence-electron chi connectivity index (χ4n) is 1.57. The van der Waals surface area contributed by atoms with Gasteiger partial charge in [0.1, 0.15) is 0 Å². The van der Waals surface area contributed by atoms with Crippen LogP contribution in [-0.4, -0.2) is 18.1 Å². The summed E-state index contributed by atoms with van der Waals surface area (Å²) in [5.41, 5.74) is 0. The molecule has 1 nitrogen and oxygen atoms in total. The molecule has 0 saturated carbocycles. The zero-order valence-electron chi connectivity index (χ0n) is 7.89. The van der Waals surface area contributed by atoms with Crippen LogP contribution < -0.4 is 0 Å². The van der Waals surface area contributed by atoms with Crippen molar-refractivity contribution in [2.75, 3.05) is 6.61 Å². The number of hydrogen-bond donors (Lipinski definition) is 0. The van der Waals surface area contributed by atoms with Gasteiger partial charge in [0.15, 0.2) is 0 Å². The highest BCUT2D eigenvalue weighted by molar-refractivity contribution is 6.20. The van der Waals surface area contributed by atoms with E-state index in [2.05, 4.69) is 6.92 Å². The topological polar surface area (TPSA) is 9.23 Å². The second-order valence-corrected chi connectivity index (χ2v) is 4.32. The SMILES string of the molecule is CC1CCC(Cl)CCCCCO1. The molecule has 0 radical (unpaired) electrons. The van der Waals surface area contributed by atoms with Crippen molar-refractivity contribution in [2.45, 2.75) is 56.9 Å². The fourth-order valence-corrected chi connectivity index (χ4v) is 1.85. The number of ether oxygens (including phenoxy) is 1. The Bertz CT molecular complexity index is 102. The van der Waals surface area contributed by atoms with Crippen LogP contribution in [0, 0.1) is 0 Å². The van der Waals surface area contributed by atoms with Crippen LogP contribution in [0.3, 0.4) is 0 Å². The van der Waals surface area contributed by atoms with Gasteiger partial charge in [0, 0.05) is 12.0 Å². The van der Waals surface area contributed by atoms with E-state index in [1.807, 2.05) is 0 Å². The number of alkyl halides is 1. The van der Waals surface area contributed by atoms with Crippen molar-refractivity contribution in [1.29, 1.82) is 0 Å². The first kappa shape index (κ1) is 10.3. The molecule has 0 spiro atoms. The molecule has 1 rings (SSSR count). The molecule has 0 aromatic rings. The Morgan fingerprint density at radius 3 is 2.75 bits per heavy atom. The van der Waals surface area contributed by atoms with Crippen LogP contribution in [0.4, 0.5) is 0 Å². The van der Waals surface area contributed by atoms with Gasteiger partial charge in [-0.05, 0) is 32.6 Å². The van der Waals surface area contributed by atoms with Crippen LogP contribution in [0.15, 0.2) is 0 Å². The Morgan fingerprint density at radius 1 is 1.08 bits per heavy atom. The zero-order chi connectivity index (χ0) is 8.81. The average Bonchev–Trinajstić information content (AvgIpc) is 2.07. The van der Waals surface area contributed by atoms with Crippen LogP contribution in [0.25, 0.3) is 0 Å². The summed E-state index contributed by atoms with van der Waals surface area (Å²) in [5.74, 6) is 0. The molecule has 2 unspecified atom stereocenters. The minimum Gasteiger partial charge on any atom is -0.379 e. The van der Waals surface area contributed by atoms with Crippen LogP contribution in [0.1, 0.15) is 45.4 Å². The molecular formula is C10H19ClO. The molecule has 0 aromatic heterocycles. The largest absolute Gasteiger partial charge is 0.379 e. The van der Waals surface area contributed by atoms with Crippen molar-refractivity contribution >= 4 is 11.6 Å². The van der Waals surface area contributed by atoms with Gasteiger partial charge in [0.05, 0.1) is 6.10 Å². The summed E-state index contributed by atoms with van der Waals surface area (Å²) >= 11 is 6.13. The standard InChI is InChI=1S/C10H19ClO/c1-9-6-7-10(11)5-3-2-4-8-12-9/h9-10H,2-8H2,1H3. The summed E-state index contributed by atoms with van der Waals surface area (Å²) in [7, 11) is 0. The molecule has 2 atom stereocenters. The van der Waals surface area contributed by atoms with Gasteiger partial charge >= 0.3 is 0 Å². The maximum absolute atomic E-state index is 6.13. The summed E-state index contributed by atoms with van der Waals surface area (Å²) in [6.07, 6.45) is 7.57. The van der Waals surface area contributed by atoms with Gasteiger partial charge in [-0.3, -0.25) is 0 Å². The Morgan fingerprint density at radius 2 is 1.92 bits per heavy atom. The van der Waals surface area contributed by atoms with E-state index in [1.54, 1.807) is 0 Å². The minimum atomic E-state index is 0.383. The van der Waals surface area contributed by atoms with E-state index in [-0.39, 0.29) is 0 Å². The Kier molecular flexibility index (Phi) is 5.01. The highest BCUT2D eigenvalue weighted by Crippen LogP contribution is 2.18. The molecule has 0 bridgehead atoms. The minimum absolute atomic E-state index is 0.383. The molecule has 0 aliphatic carbocycles. The van der Waals surface area contributed by atoms with Gasteiger partial charge in [0.25, 0.3) is 0 Å². The summed E-state index contributed by atoms with van der Waals surface area (Å²) < 4.78 is 5.61. The van der Waals surface area contributed by atoms with Crippen molar-refractivity contribution < 1.29 is 4.74 Å². The molecule has 12 heavy (non-hydrogen) atoms. The third-order valence-electron chi connectivity index (χ3n) is 2.45. The van der Waals surface area contributed by atoms with Gasteiger partial charge in [-0.25, -0.2) is 0 Å². The number of halogens is 1. The van der Waals surface area contributed by atoms with Crippen LogP contribution in [0.5, 0.6) is 0 Å². The normalized spacial score (nSPS) is 34.5. The van der Waals surface area contributed by atoms with Crippen molar-refractivity contribution in [2.24, 2.45) is 0 Å². The molecule has 72 valence electrons. The van der Waals surface area contributed by atoms with Gasteiger partial charge < -0.3 is 4.74 Å². The van der Waals surface area contributed by atoms with E-state index in [9.17, 15) is 0 Å². The van der Waals surface area contributed by atoms with E-state index in [0.717, 1.165) is 19.4 Å². The molecule has 1 saturated heterocycles. The van der Waals surface area contributed by atoms with Crippen molar-refractivity contribution in [1.82, 2.24) is 0 Å². The van der Waals surface area contributed by atoms with Crippen molar-refractivity contribution in [3.05, 3.63) is 0 Å². The molecular weight excluding hydrogens is 172 g/mol. The lowest BCUT2D eigenvalue weighted by Crippen LogP contribution is -2.13. The molecule has 2 heteroatoms. The second kappa shape index (κ2) is 5.82. The second-order valence-electron chi connectivity index (χ2n) is 3.71. The smallest absolute Gasteiger partial charge is 0.0547 e. The van der Waals surface area contributed by atoms with E-state index in [0.29, 0.717) is 11.5 Å². The fraction of sp³-hybridized carbons (Fsp3) is 1.00. The van der Waals surface area contributed by atoms with E-state index >= 15 is 0 Å². The van der Waals surface area contributed by atoms with Crippen molar-refractivity contribution in [3.63, 3.8) is 0 Å². The Hall–Kier alpha value is 0.250. The Labute approximate surface area is 80.4 Å². The first-order valence-electron chi connectivity index (χ1n) is 5.04. The number of hydrogen-bond acceptors (Lipinski definition) is 1. The molecule has 0 aromatic carbocycles. The van der Waals surface area contributed by atoms with Crippen LogP contribution in [-0.2, 0) is 4.74 Å². The maximum atomic E-state index is 6.13. The first-order valence-corrected chi connectivity index (χ1v) is 5.48.